The molecular weight excluding hydrogens is 348 g/mol. The molecule has 3 aromatic rings. The van der Waals surface area contributed by atoms with Crippen LogP contribution in [-0.4, -0.2) is 21.4 Å². The Bertz CT molecular complexity index is 956. The van der Waals surface area contributed by atoms with Gasteiger partial charge in [-0.3, -0.25) is 9.59 Å². The van der Waals surface area contributed by atoms with Gasteiger partial charge in [0.15, 0.2) is 5.16 Å². The first-order valence-corrected chi connectivity index (χ1v) is 8.36. The van der Waals surface area contributed by atoms with Crippen LogP contribution in [0.2, 0.25) is 5.02 Å². The number of nitrogen functional groups attached to an aromatic ring is 1. The molecule has 2 aromatic carbocycles. The lowest BCUT2D eigenvalue weighted by Crippen LogP contribution is -2.30. The Balaban J connectivity index is 1.72. The van der Waals surface area contributed by atoms with E-state index in [1.807, 2.05) is 0 Å². The van der Waals surface area contributed by atoms with Crippen LogP contribution in [0.4, 0.5) is 0 Å². The van der Waals surface area contributed by atoms with Gasteiger partial charge in [0.25, 0.3) is 11.5 Å². The Morgan fingerprint density at radius 1 is 1.21 bits per heavy atom. The topological polar surface area (TPSA) is 90.0 Å². The predicted molar refractivity (Wildman–Crippen MR) is 95.8 cm³/mol. The van der Waals surface area contributed by atoms with Crippen molar-refractivity contribution in [3.05, 3.63) is 69.5 Å². The number of nitrogens with one attached hydrogen (secondary N) is 1. The smallest absolute Gasteiger partial charge is 0.280 e. The number of fused-ring (bicyclic) bond motifs is 1. The van der Waals surface area contributed by atoms with Gasteiger partial charge in [0.1, 0.15) is 0 Å². The number of para-hydroxylation sites is 1. The SMILES string of the molecule is Nn1c(SCNC(=O)c2ccc(Cl)cc2)nc2ccccc2c1=O. The fraction of sp³-hybridized carbons (Fsp3) is 0.0625. The number of benzene rings is 2. The number of aromatic nitrogens is 2. The van der Waals surface area contributed by atoms with Crippen LogP contribution >= 0.6 is 23.4 Å². The van der Waals surface area contributed by atoms with Crippen molar-refractivity contribution in [2.75, 3.05) is 11.7 Å². The van der Waals surface area contributed by atoms with Crippen molar-refractivity contribution in [1.82, 2.24) is 15.0 Å². The largest absolute Gasteiger partial charge is 0.343 e. The molecule has 1 heterocycles. The number of hydrogen-bond acceptors (Lipinski definition) is 5. The van der Waals surface area contributed by atoms with E-state index in [0.29, 0.717) is 26.6 Å². The molecule has 3 N–H and O–H groups in total. The first-order chi connectivity index (χ1) is 11.6. The minimum Gasteiger partial charge on any atom is -0.343 e. The summed E-state index contributed by atoms with van der Waals surface area (Å²) in [6, 6.07) is 13.5. The standard InChI is InChI=1S/C16H13ClN4O2S/c17-11-7-5-10(6-8-11)14(22)19-9-24-16-20-13-4-2-1-3-12(13)15(23)21(16)18/h1-8H,9,18H2,(H,19,22). The lowest BCUT2D eigenvalue weighted by molar-refractivity contribution is 0.0961. The molecule has 1 aromatic heterocycles. The van der Waals surface area contributed by atoms with Crippen molar-refractivity contribution in [3.63, 3.8) is 0 Å². The van der Waals surface area contributed by atoms with E-state index in [4.69, 9.17) is 17.4 Å². The molecule has 0 aliphatic carbocycles. The van der Waals surface area contributed by atoms with Crippen molar-refractivity contribution in [3.8, 4) is 0 Å². The van der Waals surface area contributed by atoms with E-state index in [2.05, 4.69) is 10.3 Å². The molecule has 0 saturated heterocycles. The maximum Gasteiger partial charge on any atom is 0.280 e. The molecule has 8 heteroatoms. The van der Waals surface area contributed by atoms with Crippen LogP contribution in [0, 0.1) is 0 Å². The van der Waals surface area contributed by atoms with E-state index in [1.54, 1.807) is 48.5 Å². The molecule has 0 fully saturated rings. The first kappa shape index (κ1) is 16.4. The molecule has 122 valence electrons. The average molecular weight is 361 g/mol. The molecule has 3 rings (SSSR count). The summed E-state index contributed by atoms with van der Waals surface area (Å²) in [6.07, 6.45) is 0. The molecule has 6 nitrogen and oxygen atoms in total. The average Bonchev–Trinajstić information content (AvgIpc) is 2.59. The van der Waals surface area contributed by atoms with Gasteiger partial charge in [-0.05, 0) is 36.4 Å². The summed E-state index contributed by atoms with van der Waals surface area (Å²) in [7, 11) is 0. The number of nitrogens with zero attached hydrogens (tertiary/aromatic N) is 2. The second-order valence-electron chi connectivity index (χ2n) is 4.89. The molecule has 1 amide bonds. The van der Waals surface area contributed by atoms with Crippen molar-refractivity contribution >= 4 is 40.2 Å². The molecule has 0 atom stereocenters. The number of hydrogen-bond donors (Lipinski definition) is 2. The minimum absolute atomic E-state index is 0.226. The highest BCUT2D eigenvalue weighted by Crippen LogP contribution is 2.15. The number of thioether (sulfide) groups is 1. The van der Waals surface area contributed by atoms with Gasteiger partial charge < -0.3 is 11.2 Å². The number of amides is 1. The van der Waals surface area contributed by atoms with Gasteiger partial charge in [-0.25, -0.2) is 9.66 Å². The molecule has 0 aliphatic heterocycles. The van der Waals surface area contributed by atoms with E-state index in [1.165, 1.54) is 11.8 Å². The third-order valence-corrected chi connectivity index (χ3v) is 4.40. The lowest BCUT2D eigenvalue weighted by atomic mass is 10.2. The Morgan fingerprint density at radius 3 is 2.67 bits per heavy atom. The van der Waals surface area contributed by atoms with Crippen LogP contribution in [-0.2, 0) is 0 Å². The quantitative estimate of drug-likeness (QED) is 0.322. The Hall–Kier alpha value is -2.51. The van der Waals surface area contributed by atoms with Gasteiger partial charge in [-0.2, -0.15) is 0 Å². The summed E-state index contributed by atoms with van der Waals surface area (Å²) in [6.45, 7) is 0. The zero-order valence-corrected chi connectivity index (χ0v) is 14.0. The second-order valence-corrected chi connectivity index (χ2v) is 6.27. The van der Waals surface area contributed by atoms with Crippen molar-refractivity contribution in [1.29, 1.82) is 0 Å². The van der Waals surface area contributed by atoms with E-state index in [0.717, 1.165) is 4.68 Å². The molecule has 24 heavy (non-hydrogen) atoms. The summed E-state index contributed by atoms with van der Waals surface area (Å²) < 4.78 is 0.988. The van der Waals surface area contributed by atoms with E-state index in [-0.39, 0.29) is 17.3 Å². The van der Waals surface area contributed by atoms with Crippen LogP contribution in [0.25, 0.3) is 10.9 Å². The molecule has 0 spiro atoms. The van der Waals surface area contributed by atoms with Crippen LogP contribution in [0.15, 0.2) is 58.5 Å². The highest BCUT2D eigenvalue weighted by molar-refractivity contribution is 7.99. The molecule has 0 aliphatic rings. The Labute approximate surface area is 146 Å². The summed E-state index contributed by atoms with van der Waals surface area (Å²) in [5.41, 5.74) is 0.736. The molecule has 0 bridgehead atoms. The Morgan fingerprint density at radius 2 is 1.92 bits per heavy atom. The number of halogens is 1. The molecule has 0 radical (unpaired) electrons. The molecular formula is C16H13ClN4O2S. The fourth-order valence-electron chi connectivity index (χ4n) is 2.10. The molecule has 0 unspecified atom stereocenters. The second kappa shape index (κ2) is 6.94. The van der Waals surface area contributed by atoms with Crippen molar-refractivity contribution in [2.24, 2.45) is 0 Å². The predicted octanol–water partition coefficient (Wildman–Crippen LogP) is 2.24. The lowest BCUT2D eigenvalue weighted by Gasteiger charge is -2.09. The summed E-state index contributed by atoms with van der Waals surface area (Å²) in [4.78, 5) is 28.6. The number of carbonyl (C=O) groups is 1. The number of rotatable bonds is 4. The van der Waals surface area contributed by atoms with Gasteiger partial charge in [-0.1, -0.05) is 35.5 Å². The Kier molecular flexibility index (Phi) is 4.73. The fourth-order valence-corrected chi connectivity index (χ4v) is 2.94. The van der Waals surface area contributed by atoms with E-state index >= 15 is 0 Å². The third kappa shape index (κ3) is 3.37. The summed E-state index contributed by atoms with van der Waals surface area (Å²) in [5, 5.41) is 4.08. The summed E-state index contributed by atoms with van der Waals surface area (Å²) >= 11 is 6.96. The molecule has 0 saturated carbocycles. The van der Waals surface area contributed by atoms with Gasteiger partial charge >= 0.3 is 0 Å². The summed E-state index contributed by atoms with van der Waals surface area (Å²) in [5.74, 6) is 5.77. The van der Waals surface area contributed by atoms with Gasteiger partial charge in [-0.15, -0.1) is 0 Å². The zero-order valence-electron chi connectivity index (χ0n) is 12.4. The van der Waals surface area contributed by atoms with Gasteiger partial charge in [0.2, 0.25) is 0 Å². The maximum atomic E-state index is 12.2. The van der Waals surface area contributed by atoms with Crippen molar-refractivity contribution in [2.45, 2.75) is 5.16 Å². The van der Waals surface area contributed by atoms with Crippen LogP contribution in [0.1, 0.15) is 10.4 Å². The third-order valence-electron chi connectivity index (χ3n) is 3.32. The maximum absolute atomic E-state index is 12.2. The highest BCUT2D eigenvalue weighted by Gasteiger charge is 2.10. The minimum atomic E-state index is -0.327. The number of nitrogens with two attached hydrogens (primary N) is 1. The monoisotopic (exact) mass is 360 g/mol. The van der Waals surface area contributed by atoms with Crippen LogP contribution in [0.5, 0.6) is 0 Å². The van der Waals surface area contributed by atoms with Gasteiger partial charge in [0.05, 0.1) is 16.8 Å². The first-order valence-electron chi connectivity index (χ1n) is 6.99. The van der Waals surface area contributed by atoms with Crippen LogP contribution < -0.4 is 16.7 Å². The van der Waals surface area contributed by atoms with Crippen molar-refractivity contribution < 1.29 is 4.79 Å². The zero-order chi connectivity index (χ0) is 17.1. The van der Waals surface area contributed by atoms with Crippen LogP contribution in [0.3, 0.4) is 0 Å². The van der Waals surface area contributed by atoms with Gasteiger partial charge in [0, 0.05) is 10.6 Å². The highest BCUT2D eigenvalue weighted by atomic mass is 35.5. The van der Waals surface area contributed by atoms with E-state index in [9.17, 15) is 9.59 Å². The normalized spacial score (nSPS) is 10.7. The number of carbonyl (C=O) groups excluding carboxylic acids is 1. The van der Waals surface area contributed by atoms with E-state index < -0.39 is 0 Å².